The molecule has 0 unspecified atom stereocenters. The van der Waals surface area contributed by atoms with Gasteiger partial charge in [-0.05, 0) is 66.5 Å². The molecule has 0 saturated heterocycles. The zero-order valence-corrected chi connectivity index (χ0v) is 18.2. The monoisotopic (exact) mass is 455 g/mol. The van der Waals surface area contributed by atoms with Crippen molar-refractivity contribution in [1.82, 2.24) is 9.38 Å². The summed E-state index contributed by atoms with van der Waals surface area (Å²) in [6.45, 7) is 0. The van der Waals surface area contributed by atoms with E-state index in [1.165, 1.54) is 28.3 Å². The lowest BCUT2D eigenvalue weighted by atomic mass is 9.97. The van der Waals surface area contributed by atoms with Crippen LogP contribution in [-0.4, -0.2) is 14.3 Å². The predicted octanol–water partition coefficient (Wildman–Crippen LogP) is 3.76. The Morgan fingerprint density at radius 2 is 1.73 bits per heavy atom. The maximum atomic E-state index is 13.6. The van der Waals surface area contributed by atoms with Crippen molar-refractivity contribution in [2.75, 3.05) is 0 Å². The molecule has 1 aliphatic rings. The number of nitro groups is 1. The fourth-order valence-corrected chi connectivity index (χ4v) is 6.12. The molecule has 3 aromatic heterocycles. The van der Waals surface area contributed by atoms with Crippen molar-refractivity contribution in [3.8, 4) is 0 Å². The Morgan fingerprint density at radius 3 is 2.48 bits per heavy atom. The maximum absolute atomic E-state index is 13.6. The van der Waals surface area contributed by atoms with E-state index in [0.717, 1.165) is 31.2 Å². The van der Waals surface area contributed by atoms with E-state index in [0.29, 0.717) is 37.4 Å². The van der Waals surface area contributed by atoms with Crippen molar-refractivity contribution in [2.45, 2.75) is 25.7 Å². The second-order valence-electron chi connectivity index (χ2n) is 8.22. The van der Waals surface area contributed by atoms with Gasteiger partial charge in [-0.25, -0.2) is 4.40 Å². The molecule has 0 N–H and O–H groups in total. The van der Waals surface area contributed by atoms with Gasteiger partial charge in [-0.1, -0.05) is 18.2 Å². The van der Waals surface area contributed by atoms with Crippen LogP contribution in [-0.2, 0) is 12.8 Å². The van der Waals surface area contributed by atoms with Gasteiger partial charge in [0.05, 0.1) is 10.3 Å². The first-order valence-corrected chi connectivity index (χ1v) is 11.5. The molecule has 2 aromatic carbocycles. The van der Waals surface area contributed by atoms with Gasteiger partial charge >= 0.3 is 0 Å². The van der Waals surface area contributed by atoms with Crippen LogP contribution >= 0.6 is 11.3 Å². The highest BCUT2D eigenvalue weighted by Gasteiger charge is 2.22. The van der Waals surface area contributed by atoms with Crippen molar-refractivity contribution in [3.63, 3.8) is 0 Å². The van der Waals surface area contributed by atoms with Crippen LogP contribution in [0.2, 0.25) is 0 Å². The fourth-order valence-electron chi connectivity index (χ4n) is 4.74. The first kappa shape index (κ1) is 19.8. The summed E-state index contributed by atoms with van der Waals surface area (Å²) in [5.41, 5.74) is 1.56. The number of nitro benzene ring substituents is 1. The number of nitrogens with zero attached hydrogens (tertiary/aromatic N) is 3. The second kappa shape index (κ2) is 7.31. The quantitative estimate of drug-likeness (QED) is 0.230. The molecule has 0 fully saturated rings. The summed E-state index contributed by atoms with van der Waals surface area (Å²) in [6, 6.07) is 13.4. The Bertz CT molecular complexity index is 1790. The molecular weight excluding hydrogens is 438 g/mol. The van der Waals surface area contributed by atoms with Crippen LogP contribution in [0.5, 0.6) is 0 Å². The molecule has 0 aliphatic heterocycles. The molecular formula is C25H17N3O4S. The summed E-state index contributed by atoms with van der Waals surface area (Å²) in [6.07, 6.45) is 5.69. The third kappa shape index (κ3) is 2.98. The third-order valence-corrected chi connectivity index (χ3v) is 7.57. The Kier molecular flexibility index (Phi) is 4.38. The summed E-state index contributed by atoms with van der Waals surface area (Å²) in [5, 5.41) is 13.5. The van der Waals surface area contributed by atoms with E-state index in [-0.39, 0.29) is 16.8 Å². The number of aryl methyl sites for hydroxylation is 2. The van der Waals surface area contributed by atoms with Crippen LogP contribution in [0.1, 0.15) is 28.8 Å². The van der Waals surface area contributed by atoms with E-state index in [9.17, 15) is 19.7 Å². The van der Waals surface area contributed by atoms with Crippen molar-refractivity contribution in [3.05, 3.63) is 101 Å². The number of hydrogen-bond donors (Lipinski definition) is 0. The lowest BCUT2D eigenvalue weighted by Gasteiger charge is -2.09. The highest BCUT2D eigenvalue weighted by atomic mass is 32.1. The molecule has 0 atom stereocenters. The molecule has 162 valence electrons. The van der Waals surface area contributed by atoms with Crippen LogP contribution in [0.3, 0.4) is 0 Å². The van der Waals surface area contributed by atoms with Crippen molar-refractivity contribution < 1.29 is 4.92 Å². The Labute approximate surface area is 190 Å². The van der Waals surface area contributed by atoms with Crippen LogP contribution in [0.15, 0.2) is 58.1 Å². The summed E-state index contributed by atoms with van der Waals surface area (Å²) < 4.78 is 1.58. The van der Waals surface area contributed by atoms with Gasteiger partial charge in [-0.3, -0.25) is 19.7 Å². The number of pyridine rings is 1. The van der Waals surface area contributed by atoms with Gasteiger partial charge in [-0.15, -0.1) is 11.3 Å². The summed E-state index contributed by atoms with van der Waals surface area (Å²) in [4.78, 5) is 43.6. The van der Waals surface area contributed by atoms with Gasteiger partial charge in [0, 0.05) is 27.6 Å². The van der Waals surface area contributed by atoms with Gasteiger partial charge < -0.3 is 0 Å². The number of thiophene rings is 1. The molecule has 1 aliphatic carbocycles. The summed E-state index contributed by atoms with van der Waals surface area (Å²) in [5.74, 6) is 0. The van der Waals surface area contributed by atoms with Gasteiger partial charge in [0.1, 0.15) is 4.83 Å². The largest absolute Gasteiger partial charge is 0.282 e. The molecule has 8 heteroatoms. The number of aromatic nitrogens is 2. The predicted molar refractivity (Wildman–Crippen MR) is 129 cm³/mol. The molecule has 3 heterocycles. The minimum absolute atomic E-state index is 0.00279. The molecule has 5 aromatic rings. The number of fused-ring (bicyclic) bond motifs is 6. The number of benzene rings is 2. The maximum Gasteiger partial charge on any atom is 0.282 e. The van der Waals surface area contributed by atoms with E-state index in [4.69, 9.17) is 0 Å². The third-order valence-electron chi connectivity index (χ3n) is 6.30. The minimum atomic E-state index is -0.447. The van der Waals surface area contributed by atoms with E-state index >= 15 is 0 Å². The van der Waals surface area contributed by atoms with E-state index < -0.39 is 4.92 Å². The van der Waals surface area contributed by atoms with Crippen molar-refractivity contribution in [2.24, 2.45) is 0 Å². The van der Waals surface area contributed by atoms with Crippen LogP contribution in [0.25, 0.3) is 32.7 Å². The normalized spacial score (nSPS) is 14.2. The molecule has 0 spiro atoms. The molecule has 0 amide bonds. The van der Waals surface area contributed by atoms with Gasteiger partial charge in [0.25, 0.3) is 16.8 Å². The van der Waals surface area contributed by atoms with Gasteiger partial charge in [-0.2, -0.15) is 4.98 Å². The van der Waals surface area contributed by atoms with Gasteiger partial charge in [0.15, 0.2) is 5.65 Å². The minimum Gasteiger partial charge on any atom is -0.268 e. The molecule has 0 radical (unpaired) electrons. The summed E-state index contributed by atoms with van der Waals surface area (Å²) in [7, 11) is 0. The molecule has 33 heavy (non-hydrogen) atoms. The highest BCUT2D eigenvalue weighted by molar-refractivity contribution is 7.18. The standard InChI is InChI=1S/C25H17N3O4S/c29-23-21-18-7-3-4-8-20(18)33-25(21)27-22(26-23)19(16-5-1-2-6-17(16)24(27)30)13-14-9-11-15(12-10-14)28(31)32/h1-2,5-6,9-13H,3-4,7-8H2/b19-13-. The number of non-ortho nitro benzene ring substituents is 1. The van der Waals surface area contributed by atoms with Crippen LogP contribution < -0.4 is 16.3 Å². The average molecular weight is 455 g/mol. The Hall–Kier alpha value is -3.91. The Balaban J connectivity index is 1.79. The zero-order valence-electron chi connectivity index (χ0n) is 17.4. The van der Waals surface area contributed by atoms with E-state index in [1.807, 2.05) is 24.3 Å². The second-order valence-corrected chi connectivity index (χ2v) is 9.31. The number of hydrogen-bond acceptors (Lipinski definition) is 6. The molecule has 6 rings (SSSR count). The molecule has 0 bridgehead atoms. The molecule has 7 nitrogen and oxygen atoms in total. The molecule has 0 saturated carbocycles. The smallest absolute Gasteiger partial charge is 0.268 e. The Morgan fingerprint density at radius 1 is 1.00 bits per heavy atom. The first-order chi connectivity index (χ1) is 16.0. The van der Waals surface area contributed by atoms with E-state index in [1.54, 1.807) is 22.6 Å². The highest BCUT2D eigenvalue weighted by Crippen LogP contribution is 2.34. The topological polar surface area (TPSA) is 94.6 Å². The van der Waals surface area contributed by atoms with Gasteiger partial charge in [0.2, 0.25) is 0 Å². The van der Waals surface area contributed by atoms with E-state index in [2.05, 4.69) is 4.98 Å². The lowest BCUT2D eigenvalue weighted by Crippen LogP contribution is -2.27. The van der Waals surface area contributed by atoms with Crippen LogP contribution in [0, 0.1) is 10.1 Å². The zero-order chi connectivity index (χ0) is 22.7. The van der Waals surface area contributed by atoms with Crippen LogP contribution in [0.4, 0.5) is 5.69 Å². The van der Waals surface area contributed by atoms with Crippen molar-refractivity contribution >= 4 is 49.7 Å². The fraction of sp³-hybridized carbons (Fsp3) is 0.160. The number of rotatable bonds is 2. The lowest BCUT2D eigenvalue weighted by molar-refractivity contribution is -0.384. The average Bonchev–Trinajstić information content (AvgIpc) is 3.22. The summed E-state index contributed by atoms with van der Waals surface area (Å²) >= 11 is 1.52. The first-order valence-electron chi connectivity index (χ1n) is 10.7. The van der Waals surface area contributed by atoms with Crippen molar-refractivity contribution in [1.29, 1.82) is 0 Å². The SMILES string of the molecule is O=c1nc2/c(=C\c3ccc([N+](=O)[O-])cc3)c3ccccc3c(=O)n2c2sc3c(c12)CCCC3.